The zero-order valence-corrected chi connectivity index (χ0v) is 14.3. The van der Waals surface area contributed by atoms with Gasteiger partial charge in [0, 0.05) is 19.2 Å². The van der Waals surface area contributed by atoms with Gasteiger partial charge in [-0.25, -0.2) is 4.79 Å². The molecule has 2 heterocycles. The summed E-state index contributed by atoms with van der Waals surface area (Å²) in [5, 5.41) is 3.38. The van der Waals surface area contributed by atoms with Gasteiger partial charge in [-0.3, -0.25) is 9.59 Å². The molecule has 0 atom stereocenters. The molecule has 0 saturated carbocycles. The molecule has 2 amide bonds. The molecule has 7 nitrogen and oxygen atoms in total. The third kappa shape index (κ3) is 3.65. The highest BCUT2D eigenvalue weighted by Crippen LogP contribution is 2.30. The van der Waals surface area contributed by atoms with Crippen LogP contribution in [0.4, 0.5) is 0 Å². The molecule has 0 spiro atoms. The molecule has 0 unspecified atom stereocenters. The second-order valence-electron chi connectivity index (χ2n) is 6.03. The maximum Gasteiger partial charge on any atom is 0.336 e. The van der Waals surface area contributed by atoms with Gasteiger partial charge in [0.25, 0.3) is 5.91 Å². The van der Waals surface area contributed by atoms with Crippen molar-refractivity contribution in [1.29, 1.82) is 0 Å². The summed E-state index contributed by atoms with van der Waals surface area (Å²) in [6.07, 6.45) is 0.641. The van der Waals surface area contributed by atoms with Crippen LogP contribution in [0, 0.1) is 6.92 Å². The van der Waals surface area contributed by atoms with E-state index in [-0.39, 0.29) is 25.0 Å². The van der Waals surface area contributed by atoms with Gasteiger partial charge in [-0.05, 0) is 36.6 Å². The van der Waals surface area contributed by atoms with Gasteiger partial charge in [0.05, 0.1) is 11.9 Å². The number of benzene rings is 1. The van der Waals surface area contributed by atoms with Crippen molar-refractivity contribution in [2.24, 2.45) is 0 Å². The Bertz CT molecular complexity index is 887. The molecule has 1 aliphatic heterocycles. The Morgan fingerprint density at radius 2 is 2.12 bits per heavy atom. The van der Waals surface area contributed by atoms with E-state index in [0.717, 1.165) is 11.1 Å². The van der Waals surface area contributed by atoms with Gasteiger partial charge in [-0.1, -0.05) is 6.92 Å². The molecule has 1 aliphatic rings. The predicted molar refractivity (Wildman–Crippen MR) is 91.7 cm³/mol. The number of nitrogens with zero attached hydrogens (tertiary/aromatic N) is 1. The lowest BCUT2D eigenvalue weighted by Crippen LogP contribution is -2.51. The summed E-state index contributed by atoms with van der Waals surface area (Å²) in [6.45, 7) is 4.59. The first kappa shape index (κ1) is 17.0. The number of amides is 2. The van der Waals surface area contributed by atoms with Gasteiger partial charge in [-0.15, -0.1) is 0 Å². The lowest BCUT2D eigenvalue weighted by atomic mass is 10.1. The summed E-state index contributed by atoms with van der Waals surface area (Å²) in [5.74, 6) is 0.0843. The molecule has 0 radical (unpaired) electrons. The minimum absolute atomic E-state index is 0.0475. The number of piperazine rings is 1. The van der Waals surface area contributed by atoms with E-state index in [2.05, 4.69) is 5.32 Å². The molecular formula is C18H20N2O5. The number of carbonyl (C=O) groups is 2. The molecule has 1 N–H and O–H groups in total. The summed E-state index contributed by atoms with van der Waals surface area (Å²) >= 11 is 0. The molecule has 1 saturated heterocycles. The number of nitrogens with one attached hydrogen (secondary N) is 1. The van der Waals surface area contributed by atoms with E-state index in [1.165, 1.54) is 11.0 Å². The molecule has 2 aromatic rings. The lowest BCUT2D eigenvalue weighted by Gasteiger charge is -2.26. The third-order valence-corrected chi connectivity index (χ3v) is 4.16. The van der Waals surface area contributed by atoms with Crippen molar-refractivity contribution in [1.82, 2.24) is 10.2 Å². The summed E-state index contributed by atoms with van der Waals surface area (Å²) in [4.78, 5) is 36.8. The van der Waals surface area contributed by atoms with Crippen LogP contribution >= 0.6 is 0 Å². The molecule has 0 bridgehead atoms. The van der Waals surface area contributed by atoms with E-state index >= 15 is 0 Å². The predicted octanol–water partition coefficient (Wildman–Crippen LogP) is 1.00. The zero-order chi connectivity index (χ0) is 18.0. The lowest BCUT2D eigenvalue weighted by molar-refractivity contribution is -0.139. The Labute approximate surface area is 144 Å². The second kappa shape index (κ2) is 6.96. The number of hydrogen-bond donors (Lipinski definition) is 1. The highest BCUT2D eigenvalue weighted by Gasteiger charge is 2.22. The molecule has 1 fully saturated rings. The minimum Gasteiger partial charge on any atom is -0.483 e. The average Bonchev–Trinajstić information content (AvgIpc) is 2.58. The number of aryl methyl sites for hydroxylation is 2. The van der Waals surface area contributed by atoms with Crippen LogP contribution in [-0.4, -0.2) is 43.0 Å². The van der Waals surface area contributed by atoms with Crippen LogP contribution in [0.1, 0.15) is 18.1 Å². The monoisotopic (exact) mass is 344 g/mol. The van der Waals surface area contributed by atoms with Gasteiger partial charge in [-0.2, -0.15) is 0 Å². The fraction of sp³-hybridized carbons (Fsp3) is 0.389. The van der Waals surface area contributed by atoms with E-state index in [0.29, 0.717) is 36.2 Å². The summed E-state index contributed by atoms with van der Waals surface area (Å²) in [7, 11) is 0. The highest BCUT2D eigenvalue weighted by molar-refractivity contribution is 5.89. The van der Waals surface area contributed by atoms with Crippen LogP contribution in [0.5, 0.6) is 5.75 Å². The van der Waals surface area contributed by atoms with Crippen LogP contribution in [0.3, 0.4) is 0 Å². The van der Waals surface area contributed by atoms with Crippen molar-refractivity contribution in [3.05, 3.63) is 39.7 Å². The number of ether oxygens (including phenoxy) is 1. The topological polar surface area (TPSA) is 88.8 Å². The molecule has 1 aromatic carbocycles. The van der Waals surface area contributed by atoms with Crippen LogP contribution in [0.2, 0.25) is 0 Å². The second-order valence-corrected chi connectivity index (χ2v) is 6.03. The number of hydrogen-bond acceptors (Lipinski definition) is 5. The van der Waals surface area contributed by atoms with Gasteiger partial charge in [0.15, 0.2) is 6.61 Å². The smallest absolute Gasteiger partial charge is 0.336 e. The summed E-state index contributed by atoms with van der Waals surface area (Å²) in [6, 6.07) is 5.04. The molecule has 1 aromatic heterocycles. The first-order valence-corrected chi connectivity index (χ1v) is 8.22. The molecule has 132 valence electrons. The van der Waals surface area contributed by atoms with E-state index in [1.807, 2.05) is 19.9 Å². The average molecular weight is 344 g/mol. The number of fused-ring (bicyclic) bond motifs is 1. The third-order valence-electron chi connectivity index (χ3n) is 4.16. The van der Waals surface area contributed by atoms with Crippen molar-refractivity contribution in [2.45, 2.75) is 20.3 Å². The Balaban J connectivity index is 1.87. The zero-order valence-electron chi connectivity index (χ0n) is 14.3. The van der Waals surface area contributed by atoms with E-state index in [1.54, 1.807) is 6.07 Å². The largest absolute Gasteiger partial charge is 0.483 e. The number of carbonyl (C=O) groups excluding carboxylic acids is 2. The fourth-order valence-electron chi connectivity index (χ4n) is 2.95. The minimum atomic E-state index is -0.406. The standard InChI is InChI=1S/C18H20N2O5/c1-3-12-8-17(23)25-14-7-11(2)6-13(18(12)14)24-10-16(22)20-5-4-19-15(21)9-20/h6-8H,3-5,9-10H2,1-2H3,(H,19,21). The molecule has 7 heteroatoms. The summed E-state index contributed by atoms with van der Waals surface area (Å²) < 4.78 is 11.0. The van der Waals surface area contributed by atoms with Crippen molar-refractivity contribution in [3.8, 4) is 5.75 Å². The van der Waals surface area contributed by atoms with E-state index in [9.17, 15) is 14.4 Å². The molecule has 0 aliphatic carbocycles. The molecule has 25 heavy (non-hydrogen) atoms. The van der Waals surface area contributed by atoms with E-state index in [4.69, 9.17) is 9.15 Å². The van der Waals surface area contributed by atoms with Crippen molar-refractivity contribution in [2.75, 3.05) is 26.2 Å². The maximum absolute atomic E-state index is 12.3. The van der Waals surface area contributed by atoms with Gasteiger partial charge in [0.1, 0.15) is 11.3 Å². The highest BCUT2D eigenvalue weighted by atomic mass is 16.5. The normalized spacial score (nSPS) is 14.5. The van der Waals surface area contributed by atoms with Crippen LogP contribution in [-0.2, 0) is 16.0 Å². The van der Waals surface area contributed by atoms with Crippen molar-refractivity contribution < 1.29 is 18.7 Å². The van der Waals surface area contributed by atoms with E-state index < -0.39 is 5.63 Å². The number of rotatable bonds is 4. The SMILES string of the molecule is CCc1cc(=O)oc2cc(C)cc(OCC(=O)N3CCNC(=O)C3)c12. The van der Waals surface area contributed by atoms with Gasteiger partial charge in [0.2, 0.25) is 5.91 Å². The van der Waals surface area contributed by atoms with Crippen molar-refractivity contribution in [3.63, 3.8) is 0 Å². The summed E-state index contributed by atoms with van der Waals surface area (Å²) in [5.41, 5.74) is 1.72. The van der Waals surface area contributed by atoms with Crippen LogP contribution in [0.25, 0.3) is 11.0 Å². The first-order chi connectivity index (χ1) is 12.0. The van der Waals surface area contributed by atoms with Gasteiger partial charge >= 0.3 is 5.63 Å². The van der Waals surface area contributed by atoms with Crippen LogP contribution < -0.4 is 15.7 Å². The maximum atomic E-state index is 12.3. The Morgan fingerprint density at radius 1 is 1.32 bits per heavy atom. The quantitative estimate of drug-likeness (QED) is 0.836. The molecular weight excluding hydrogens is 324 g/mol. The first-order valence-electron chi connectivity index (χ1n) is 8.22. The Kier molecular flexibility index (Phi) is 4.74. The molecule has 3 rings (SSSR count). The van der Waals surface area contributed by atoms with Crippen LogP contribution in [0.15, 0.2) is 27.4 Å². The van der Waals surface area contributed by atoms with Gasteiger partial charge < -0.3 is 19.4 Å². The fourth-order valence-corrected chi connectivity index (χ4v) is 2.95. The Morgan fingerprint density at radius 3 is 2.84 bits per heavy atom. The Hall–Kier alpha value is -2.83. The van der Waals surface area contributed by atoms with Crippen molar-refractivity contribution >= 4 is 22.8 Å².